The molecule has 61 heavy (non-hydrogen) atoms. The van der Waals surface area contributed by atoms with E-state index in [2.05, 4.69) is 38.2 Å². The average Bonchev–Trinajstić information content (AvgIpc) is 3.21. The number of unbranched alkanes of at least 4 members (excludes halogenated alkanes) is 29. The van der Waals surface area contributed by atoms with E-state index in [-0.39, 0.29) is 26.1 Å². The second kappa shape index (κ2) is 43.7. The van der Waals surface area contributed by atoms with Gasteiger partial charge in [-0.25, -0.2) is 4.57 Å². The van der Waals surface area contributed by atoms with E-state index in [0.29, 0.717) is 23.9 Å². The highest BCUT2D eigenvalue weighted by atomic mass is 31.2. The number of likely N-dealkylation sites (N-methyl/N-ethyl adjacent to an activating group) is 1. The van der Waals surface area contributed by atoms with Crippen molar-refractivity contribution in [3.8, 4) is 0 Å². The molecule has 1 unspecified atom stereocenters. The van der Waals surface area contributed by atoms with Crippen molar-refractivity contribution in [3.05, 3.63) is 24.3 Å². The van der Waals surface area contributed by atoms with E-state index in [1.165, 1.54) is 167 Å². The van der Waals surface area contributed by atoms with Gasteiger partial charge in [0.05, 0.1) is 27.7 Å². The summed E-state index contributed by atoms with van der Waals surface area (Å²) in [6.07, 6.45) is 49.5. The number of allylic oxidation sites excluding steroid dienone is 4. The Hall–Kier alpha value is -1.51. The minimum Gasteiger partial charge on any atom is -0.462 e. The molecule has 0 fully saturated rings. The van der Waals surface area contributed by atoms with Gasteiger partial charge in [-0.05, 0) is 38.5 Å². The van der Waals surface area contributed by atoms with E-state index in [0.717, 1.165) is 32.1 Å². The number of nitrogens with zero attached hydrogens (tertiary/aromatic N) is 1. The number of esters is 2. The number of carbonyl (C=O) groups excluding carboxylic acids is 2. The Morgan fingerprint density at radius 3 is 1.34 bits per heavy atom. The summed E-state index contributed by atoms with van der Waals surface area (Å²) in [6.45, 7) is 4.42. The van der Waals surface area contributed by atoms with Crippen molar-refractivity contribution < 1.29 is 42.1 Å². The Morgan fingerprint density at radius 2 is 0.902 bits per heavy atom. The van der Waals surface area contributed by atoms with E-state index >= 15 is 0 Å². The molecule has 10 heteroatoms. The van der Waals surface area contributed by atoms with Gasteiger partial charge in [0.2, 0.25) is 0 Å². The third-order valence-corrected chi connectivity index (χ3v) is 12.2. The van der Waals surface area contributed by atoms with Crippen LogP contribution in [0.15, 0.2) is 24.3 Å². The molecular formula is C51H99NO8P+. The van der Waals surface area contributed by atoms with Crippen molar-refractivity contribution in [2.45, 2.75) is 245 Å². The predicted molar refractivity (Wildman–Crippen MR) is 257 cm³/mol. The van der Waals surface area contributed by atoms with Gasteiger partial charge >= 0.3 is 19.8 Å². The van der Waals surface area contributed by atoms with Gasteiger partial charge < -0.3 is 18.9 Å². The average molecular weight is 885 g/mol. The lowest BCUT2D eigenvalue weighted by atomic mass is 10.0. The Morgan fingerprint density at radius 1 is 0.508 bits per heavy atom. The van der Waals surface area contributed by atoms with Crippen LogP contribution in [0, 0.1) is 0 Å². The fraction of sp³-hybridized carbons (Fsp3) is 0.882. The Bertz CT molecular complexity index is 1090. The number of hydrogen-bond donors (Lipinski definition) is 1. The van der Waals surface area contributed by atoms with Crippen LogP contribution >= 0.6 is 7.82 Å². The van der Waals surface area contributed by atoms with Crippen molar-refractivity contribution in [2.75, 3.05) is 47.5 Å². The third-order valence-electron chi connectivity index (χ3n) is 11.2. The molecule has 0 aliphatic heterocycles. The molecule has 0 heterocycles. The fourth-order valence-corrected chi connectivity index (χ4v) is 7.97. The highest BCUT2D eigenvalue weighted by Gasteiger charge is 2.27. The smallest absolute Gasteiger partial charge is 0.462 e. The van der Waals surface area contributed by atoms with Gasteiger partial charge in [-0.3, -0.25) is 18.6 Å². The Kier molecular flexibility index (Phi) is 42.6. The molecular weight excluding hydrogens is 786 g/mol. The van der Waals surface area contributed by atoms with E-state index in [4.69, 9.17) is 18.5 Å². The summed E-state index contributed by atoms with van der Waals surface area (Å²) in [7, 11) is 1.47. The maximum atomic E-state index is 12.7. The van der Waals surface area contributed by atoms with Gasteiger partial charge in [-0.1, -0.05) is 212 Å². The van der Waals surface area contributed by atoms with Gasteiger partial charge in [0.1, 0.15) is 19.8 Å². The summed E-state index contributed by atoms with van der Waals surface area (Å²) in [5, 5.41) is 0. The molecule has 9 nitrogen and oxygen atoms in total. The number of hydrogen-bond acceptors (Lipinski definition) is 7. The number of quaternary nitrogens is 1. The zero-order chi connectivity index (χ0) is 45.0. The Labute approximate surface area is 377 Å². The van der Waals surface area contributed by atoms with Crippen molar-refractivity contribution in [1.82, 2.24) is 0 Å². The van der Waals surface area contributed by atoms with Crippen LogP contribution in [0.4, 0.5) is 0 Å². The second-order valence-electron chi connectivity index (χ2n) is 18.6. The van der Waals surface area contributed by atoms with Crippen LogP contribution in [-0.4, -0.2) is 74.9 Å². The molecule has 0 saturated heterocycles. The van der Waals surface area contributed by atoms with Gasteiger partial charge in [0, 0.05) is 12.8 Å². The zero-order valence-electron chi connectivity index (χ0n) is 40.7. The van der Waals surface area contributed by atoms with Crippen LogP contribution in [0.3, 0.4) is 0 Å². The van der Waals surface area contributed by atoms with Crippen molar-refractivity contribution in [3.63, 3.8) is 0 Å². The largest absolute Gasteiger partial charge is 0.472 e. The van der Waals surface area contributed by atoms with Crippen LogP contribution in [0.5, 0.6) is 0 Å². The number of phosphoric ester groups is 1. The van der Waals surface area contributed by atoms with Crippen LogP contribution in [0.1, 0.15) is 239 Å². The molecule has 0 spiro atoms. The van der Waals surface area contributed by atoms with Gasteiger partial charge in [-0.15, -0.1) is 0 Å². The standard InChI is InChI=1S/C51H98NO8P/c1-6-8-10-12-14-16-18-20-22-24-25-26-28-30-32-34-36-38-40-42-44-51(54)60-49(48-59-61(55,56)58-46-45-52(3,4)5)47-57-50(53)43-41-39-37-35-33-31-29-27-23-21-19-17-15-13-11-9-7-2/h29,31,35,37,49H,6-28,30,32-34,36,38-48H2,1-5H3/p+1/b31-29+,37-35+/t49-/m1/s1. The highest BCUT2D eigenvalue weighted by molar-refractivity contribution is 7.47. The summed E-state index contributed by atoms with van der Waals surface area (Å²) in [5.41, 5.74) is 0. The van der Waals surface area contributed by atoms with Crippen molar-refractivity contribution >= 4 is 19.8 Å². The topological polar surface area (TPSA) is 108 Å². The van der Waals surface area contributed by atoms with E-state index in [1.54, 1.807) is 0 Å². The van der Waals surface area contributed by atoms with Crippen LogP contribution < -0.4 is 0 Å². The van der Waals surface area contributed by atoms with E-state index < -0.39 is 32.5 Å². The van der Waals surface area contributed by atoms with Crippen molar-refractivity contribution in [2.24, 2.45) is 0 Å². The van der Waals surface area contributed by atoms with Crippen molar-refractivity contribution in [1.29, 1.82) is 0 Å². The molecule has 0 aromatic heterocycles. The first-order valence-electron chi connectivity index (χ1n) is 25.6. The number of ether oxygens (including phenoxy) is 2. The number of carbonyl (C=O) groups is 2. The molecule has 0 amide bonds. The lowest BCUT2D eigenvalue weighted by Crippen LogP contribution is -2.37. The molecule has 0 radical (unpaired) electrons. The molecule has 0 saturated carbocycles. The third kappa shape index (κ3) is 47.8. The summed E-state index contributed by atoms with van der Waals surface area (Å²) >= 11 is 0. The molecule has 0 aromatic carbocycles. The van der Waals surface area contributed by atoms with Gasteiger partial charge in [0.15, 0.2) is 6.10 Å². The second-order valence-corrected chi connectivity index (χ2v) is 20.0. The first-order chi connectivity index (χ1) is 29.5. The van der Waals surface area contributed by atoms with E-state index in [9.17, 15) is 19.0 Å². The first kappa shape index (κ1) is 59.5. The van der Waals surface area contributed by atoms with E-state index in [1.807, 2.05) is 21.1 Å². The zero-order valence-corrected chi connectivity index (χ0v) is 41.6. The lowest BCUT2D eigenvalue weighted by molar-refractivity contribution is -0.870. The fourth-order valence-electron chi connectivity index (χ4n) is 7.23. The summed E-state index contributed by atoms with van der Waals surface area (Å²) in [5.74, 6) is -0.839. The molecule has 2 atom stereocenters. The predicted octanol–water partition coefficient (Wildman–Crippen LogP) is 15.1. The number of phosphoric acid groups is 1. The summed E-state index contributed by atoms with van der Waals surface area (Å²) in [4.78, 5) is 35.5. The lowest BCUT2D eigenvalue weighted by Gasteiger charge is -2.24. The monoisotopic (exact) mass is 885 g/mol. The molecule has 0 aromatic rings. The molecule has 0 bridgehead atoms. The number of rotatable bonds is 47. The maximum Gasteiger partial charge on any atom is 0.472 e. The SMILES string of the molecule is CCCCCCCCCCC/C=C/C/C=C/CCCC(=O)OC[C@H](COP(=O)(O)OCC[N+](C)(C)C)OC(=O)CCCCCCCCCCCCCCCCCCCCCC. The minimum atomic E-state index is -4.38. The van der Waals surface area contributed by atoms with Crippen LogP contribution in [0.2, 0.25) is 0 Å². The normalized spacial score (nSPS) is 13.6. The first-order valence-corrected chi connectivity index (χ1v) is 27.1. The van der Waals surface area contributed by atoms with Crippen LogP contribution in [0.25, 0.3) is 0 Å². The summed E-state index contributed by atoms with van der Waals surface area (Å²) in [6, 6.07) is 0. The highest BCUT2D eigenvalue weighted by Crippen LogP contribution is 2.43. The molecule has 1 N–H and O–H groups in total. The minimum absolute atomic E-state index is 0.0280. The Balaban J connectivity index is 4.28. The molecule has 360 valence electrons. The van der Waals surface area contributed by atoms with Gasteiger partial charge in [-0.2, -0.15) is 0 Å². The molecule has 0 aliphatic carbocycles. The molecule has 0 aliphatic rings. The maximum absolute atomic E-state index is 12.7. The van der Waals surface area contributed by atoms with Crippen LogP contribution in [-0.2, 0) is 32.7 Å². The van der Waals surface area contributed by atoms with Gasteiger partial charge in [0.25, 0.3) is 0 Å². The quantitative estimate of drug-likeness (QED) is 0.0212. The molecule has 0 rings (SSSR count). The summed E-state index contributed by atoms with van der Waals surface area (Å²) < 4.78 is 34.4.